The maximum Gasteiger partial charge on any atom is 0.208 e. The van der Waals surface area contributed by atoms with Crippen LogP contribution in [0.25, 0.3) is 0 Å². The molecule has 1 saturated heterocycles. The van der Waals surface area contributed by atoms with Crippen molar-refractivity contribution in [3.05, 3.63) is 12.2 Å². The highest BCUT2D eigenvalue weighted by molar-refractivity contribution is 5.72. The van der Waals surface area contributed by atoms with Crippen molar-refractivity contribution in [2.24, 2.45) is 16.8 Å². The molecule has 3 unspecified atom stereocenters. The van der Waals surface area contributed by atoms with Crippen molar-refractivity contribution < 1.29 is 8.78 Å². The molecule has 2 fully saturated rings. The third-order valence-corrected chi connectivity index (χ3v) is 3.46. The zero-order valence-electron chi connectivity index (χ0n) is 9.08. The molecule has 2 aliphatic rings. The van der Waals surface area contributed by atoms with Gasteiger partial charge >= 0.3 is 0 Å². The Bertz CT molecular complexity index is 308. The minimum atomic E-state index is -0.609. The van der Waals surface area contributed by atoms with Crippen LogP contribution >= 0.6 is 0 Å². The fourth-order valence-electron chi connectivity index (χ4n) is 2.80. The van der Waals surface area contributed by atoms with E-state index in [1.165, 1.54) is 13.3 Å². The van der Waals surface area contributed by atoms with Crippen LogP contribution in [0.15, 0.2) is 17.1 Å². The number of fused-ring (bicyclic) bond motifs is 1. The molecule has 1 saturated carbocycles. The van der Waals surface area contributed by atoms with E-state index in [-0.39, 0.29) is 0 Å². The minimum absolute atomic E-state index is 0.316. The first-order valence-electron chi connectivity index (χ1n) is 5.42. The molecule has 0 spiro atoms. The Morgan fingerprint density at radius 1 is 1.47 bits per heavy atom. The number of hydrogen-bond acceptors (Lipinski definition) is 2. The Labute approximate surface area is 88.7 Å². The summed E-state index contributed by atoms with van der Waals surface area (Å²) in [5, 5.41) is 0. The highest BCUT2D eigenvalue weighted by atomic mass is 19.1. The molecule has 1 aliphatic carbocycles. The molecule has 0 radical (unpaired) electrons. The van der Waals surface area contributed by atoms with Gasteiger partial charge in [-0.1, -0.05) is 6.92 Å². The summed E-state index contributed by atoms with van der Waals surface area (Å²) >= 11 is 0. The lowest BCUT2D eigenvalue weighted by Crippen LogP contribution is -2.45. The normalized spacial score (nSPS) is 36.5. The first-order chi connectivity index (χ1) is 7.09. The first kappa shape index (κ1) is 10.6. The van der Waals surface area contributed by atoms with E-state index in [0.717, 1.165) is 19.2 Å². The second-order valence-corrected chi connectivity index (χ2v) is 4.52. The Kier molecular flexibility index (Phi) is 2.76. The van der Waals surface area contributed by atoms with E-state index in [1.54, 1.807) is 4.90 Å². The van der Waals surface area contributed by atoms with Crippen LogP contribution in [0.2, 0.25) is 0 Å². The predicted octanol–water partition coefficient (Wildman–Crippen LogP) is 2.87. The van der Waals surface area contributed by atoms with Gasteiger partial charge in [0.2, 0.25) is 5.95 Å². The van der Waals surface area contributed by atoms with Crippen LogP contribution in [0, 0.1) is 11.8 Å². The number of aliphatic imine (C=N–C) groups is 1. The van der Waals surface area contributed by atoms with E-state index in [1.807, 2.05) is 0 Å². The molecule has 0 N–H and O–H groups in total. The van der Waals surface area contributed by atoms with Gasteiger partial charge in [0.1, 0.15) is 0 Å². The fraction of sp³-hybridized carbons (Fsp3) is 0.727. The summed E-state index contributed by atoms with van der Waals surface area (Å²) in [5.41, 5.74) is 0. The third kappa shape index (κ3) is 1.90. The van der Waals surface area contributed by atoms with Crippen LogP contribution in [0.5, 0.6) is 0 Å². The third-order valence-electron chi connectivity index (χ3n) is 3.46. The summed E-state index contributed by atoms with van der Waals surface area (Å²) < 4.78 is 25.9. The first-order valence-corrected chi connectivity index (χ1v) is 5.42. The molecule has 2 rings (SSSR count). The van der Waals surface area contributed by atoms with Crippen LogP contribution in [-0.2, 0) is 0 Å². The second kappa shape index (κ2) is 3.91. The van der Waals surface area contributed by atoms with Crippen molar-refractivity contribution in [2.75, 3.05) is 6.54 Å². The number of halogens is 2. The highest BCUT2D eigenvalue weighted by Crippen LogP contribution is 2.46. The van der Waals surface area contributed by atoms with Crippen LogP contribution in [0.3, 0.4) is 0 Å². The lowest BCUT2D eigenvalue weighted by molar-refractivity contribution is 0.0799. The van der Waals surface area contributed by atoms with Gasteiger partial charge in [0.05, 0.1) is 6.20 Å². The standard InChI is InChI=1S/C11H16F2N2/c1-7-5-9-3-4-15(11(7)9)10(13)6-14-8(2)12/h6-7,9,11H,3-5H2,1-2H3/b10-6-,14-8?. The zero-order valence-corrected chi connectivity index (χ0v) is 9.08. The second-order valence-electron chi connectivity index (χ2n) is 4.52. The maximum atomic E-state index is 13.6. The van der Waals surface area contributed by atoms with Crippen LogP contribution in [0.1, 0.15) is 26.7 Å². The maximum absolute atomic E-state index is 13.6. The van der Waals surface area contributed by atoms with E-state index >= 15 is 0 Å². The van der Waals surface area contributed by atoms with Crippen LogP contribution < -0.4 is 0 Å². The van der Waals surface area contributed by atoms with E-state index in [0.29, 0.717) is 17.9 Å². The van der Waals surface area contributed by atoms with Crippen molar-refractivity contribution in [3.8, 4) is 0 Å². The summed E-state index contributed by atoms with van der Waals surface area (Å²) in [6.07, 6.45) is 3.23. The predicted molar refractivity (Wildman–Crippen MR) is 55.8 cm³/mol. The van der Waals surface area contributed by atoms with Gasteiger partial charge in [-0.3, -0.25) is 0 Å². The molecule has 84 valence electrons. The van der Waals surface area contributed by atoms with Gasteiger partial charge < -0.3 is 4.90 Å². The molecule has 0 aromatic rings. The van der Waals surface area contributed by atoms with Crippen molar-refractivity contribution in [1.82, 2.24) is 4.90 Å². The molecule has 0 amide bonds. The lowest BCUT2D eigenvalue weighted by atomic mass is 9.71. The Morgan fingerprint density at radius 3 is 2.80 bits per heavy atom. The Balaban J connectivity index is 2.05. The molecule has 15 heavy (non-hydrogen) atoms. The van der Waals surface area contributed by atoms with Gasteiger partial charge in [0, 0.05) is 19.5 Å². The van der Waals surface area contributed by atoms with Crippen LogP contribution in [0.4, 0.5) is 8.78 Å². The monoisotopic (exact) mass is 214 g/mol. The van der Waals surface area contributed by atoms with Gasteiger partial charge in [-0.25, -0.2) is 4.99 Å². The summed E-state index contributed by atoms with van der Waals surface area (Å²) in [5.74, 6) is 0.176. The SMILES string of the molecule is CC(F)=N/C=C(/F)N1CCC2CC(C)C21. The molecule has 4 heteroatoms. The average Bonchev–Trinajstić information content (AvgIpc) is 2.51. The molecule has 1 aliphatic heterocycles. The molecular weight excluding hydrogens is 198 g/mol. The summed E-state index contributed by atoms with van der Waals surface area (Å²) in [4.78, 5) is 5.08. The van der Waals surface area contributed by atoms with Crippen molar-refractivity contribution in [3.63, 3.8) is 0 Å². The molecule has 1 heterocycles. The fourth-order valence-corrected chi connectivity index (χ4v) is 2.80. The van der Waals surface area contributed by atoms with Gasteiger partial charge in [0.25, 0.3) is 0 Å². The van der Waals surface area contributed by atoms with Crippen molar-refractivity contribution in [2.45, 2.75) is 32.7 Å². The van der Waals surface area contributed by atoms with Gasteiger partial charge in [-0.05, 0) is 24.7 Å². The largest absolute Gasteiger partial charge is 0.344 e. The van der Waals surface area contributed by atoms with Crippen LogP contribution in [-0.4, -0.2) is 23.5 Å². The molecule has 3 atom stereocenters. The van der Waals surface area contributed by atoms with Gasteiger partial charge in [-0.2, -0.15) is 8.78 Å². The van der Waals surface area contributed by atoms with E-state index in [2.05, 4.69) is 11.9 Å². The minimum Gasteiger partial charge on any atom is -0.344 e. The average molecular weight is 214 g/mol. The molecule has 0 aromatic carbocycles. The van der Waals surface area contributed by atoms with E-state index < -0.39 is 11.9 Å². The Hall–Kier alpha value is -0.930. The Morgan fingerprint density at radius 2 is 2.20 bits per heavy atom. The van der Waals surface area contributed by atoms with Crippen molar-refractivity contribution in [1.29, 1.82) is 0 Å². The number of hydrogen-bond donors (Lipinski definition) is 0. The topological polar surface area (TPSA) is 15.6 Å². The smallest absolute Gasteiger partial charge is 0.208 e. The molecular formula is C11H16F2N2. The quantitative estimate of drug-likeness (QED) is 0.509. The molecule has 0 aromatic heterocycles. The zero-order chi connectivity index (χ0) is 11.0. The number of nitrogens with zero attached hydrogens (tertiary/aromatic N) is 2. The van der Waals surface area contributed by atoms with Gasteiger partial charge in [0.15, 0.2) is 5.97 Å². The van der Waals surface area contributed by atoms with Gasteiger partial charge in [-0.15, -0.1) is 0 Å². The van der Waals surface area contributed by atoms with Crippen molar-refractivity contribution >= 4 is 5.97 Å². The lowest BCUT2D eigenvalue weighted by Gasteiger charge is -2.42. The van der Waals surface area contributed by atoms with E-state index in [4.69, 9.17) is 0 Å². The number of rotatable bonds is 2. The molecule has 0 bridgehead atoms. The molecule has 2 nitrogen and oxygen atoms in total. The summed E-state index contributed by atoms with van der Waals surface area (Å²) in [6.45, 7) is 4.09. The summed E-state index contributed by atoms with van der Waals surface area (Å²) in [6, 6.07) is 0.316. The van der Waals surface area contributed by atoms with E-state index in [9.17, 15) is 8.78 Å². The summed E-state index contributed by atoms with van der Waals surface area (Å²) in [7, 11) is 0. The number of likely N-dealkylation sites (tertiary alicyclic amines) is 1. The highest BCUT2D eigenvalue weighted by Gasteiger charge is 2.46.